The predicted molar refractivity (Wildman–Crippen MR) is 206 cm³/mol. The minimum atomic E-state index is -6.70. The first-order chi connectivity index (χ1) is 25.6. The molecule has 3 unspecified atom stereocenters. The summed E-state index contributed by atoms with van der Waals surface area (Å²) in [6.45, 7) is 10.9. The Balaban J connectivity index is 1.54. The first kappa shape index (κ1) is 42.8. The van der Waals surface area contributed by atoms with Gasteiger partial charge in [-0.1, -0.05) is 0 Å². The minimum absolute atomic E-state index is 0.146. The fourth-order valence-electron chi connectivity index (χ4n) is 9.88. The van der Waals surface area contributed by atoms with Crippen LogP contribution in [0.1, 0.15) is 112 Å². The quantitative estimate of drug-likeness (QED) is 0.148. The summed E-state index contributed by atoms with van der Waals surface area (Å²) >= 11 is -5.25. The zero-order valence-corrected chi connectivity index (χ0v) is 36.5. The molecule has 3 aliphatic carbocycles. The normalized spacial score (nSPS) is 21.1. The summed E-state index contributed by atoms with van der Waals surface area (Å²) in [6, 6.07) is 14.3. The van der Waals surface area contributed by atoms with Crippen LogP contribution in [0.25, 0.3) is 23.3 Å². The average Bonchev–Trinajstić information content (AvgIpc) is 3.71. The van der Waals surface area contributed by atoms with Gasteiger partial charge in [0.1, 0.15) is 0 Å². The van der Waals surface area contributed by atoms with E-state index >= 15 is 0 Å². The van der Waals surface area contributed by atoms with E-state index in [0.717, 1.165) is 55.4 Å². The zero-order chi connectivity index (χ0) is 40.5. The number of benzene rings is 3. The van der Waals surface area contributed by atoms with Gasteiger partial charge in [-0.15, -0.1) is 0 Å². The van der Waals surface area contributed by atoms with Gasteiger partial charge in [-0.2, -0.15) is 0 Å². The fraction of sp³-hybridized carbons (Fsp3) is 0.476. The van der Waals surface area contributed by atoms with Crippen molar-refractivity contribution in [1.29, 1.82) is 0 Å². The standard InChI is InChI=1S/C21H14F9.C19H25.C2H7Si.2ClH.Zr/c1-2-12-10-14-4-3-5-16(17(14)11-12)13-6-8-15(9-7-13)18(19(22,23)24,20(25,26)27)21(28,29)30;1-3-14(2)18-11-7-10-16-12-17(13-19(16)18)15-8-5-4-6-9-15;1-3-2;;;/h3-11H,2H2,1H3;7,10-15H,3-6,8-9H2,1-2H3;3H,1-2H3;2*1H;/q;;;;;+2/p-2. The number of hydrogen-bond donors (Lipinski definition) is 0. The summed E-state index contributed by atoms with van der Waals surface area (Å²) < 4.78 is 125. The van der Waals surface area contributed by atoms with Crippen molar-refractivity contribution >= 4 is 35.1 Å². The summed E-state index contributed by atoms with van der Waals surface area (Å²) in [6.07, 6.45) is -8.57. The zero-order valence-electron chi connectivity index (χ0n) is 31.4. The molecule has 0 nitrogen and oxygen atoms in total. The van der Waals surface area contributed by atoms with Crippen LogP contribution in [0, 0.1) is 5.92 Å². The number of alkyl halides is 9. The molecule has 55 heavy (non-hydrogen) atoms. The molecule has 0 amide bonds. The molecule has 0 aromatic heterocycles. The van der Waals surface area contributed by atoms with E-state index in [1.165, 1.54) is 28.7 Å². The van der Waals surface area contributed by atoms with Gasteiger partial charge >= 0.3 is 328 Å². The molecule has 0 heterocycles. The van der Waals surface area contributed by atoms with E-state index in [4.69, 9.17) is 17.0 Å². The van der Waals surface area contributed by atoms with Gasteiger partial charge in [-0.3, -0.25) is 0 Å². The van der Waals surface area contributed by atoms with Crippen LogP contribution in [-0.2, 0) is 21.0 Å². The van der Waals surface area contributed by atoms with Crippen LogP contribution in [0.15, 0.2) is 71.8 Å². The van der Waals surface area contributed by atoms with Gasteiger partial charge < -0.3 is 0 Å². The Morgan fingerprint density at radius 3 is 1.76 bits per heavy atom. The molecule has 299 valence electrons. The number of allylic oxidation sites excluding steroid dienone is 2. The second-order valence-corrected chi connectivity index (χ2v) is 58.6. The van der Waals surface area contributed by atoms with Gasteiger partial charge in [-0.25, -0.2) is 0 Å². The molecule has 1 saturated carbocycles. The molecule has 0 spiro atoms. The third kappa shape index (κ3) is 6.59. The Morgan fingerprint density at radius 2 is 1.25 bits per heavy atom. The molecule has 0 N–H and O–H groups in total. The second-order valence-electron chi connectivity index (χ2n) is 16.1. The Morgan fingerprint density at radius 1 is 0.709 bits per heavy atom. The summed E-state index contributed by atoms with van der Waals surface area (Å²) in [5.74, 6) is -1.30. The molecule has 3 aromatic rings. The van der Waals surface area contributed by atoms with Crippen LogP contribution in [0.4, 0.5) is 39.5 Å². The maximum absolute atomic E-state index is 14.0. The molecule has 0 radical (unpaired) electrons. The first-order valence-electron chi connectivity index (χ1n) is 19.1. The van der Waals surface area contributed by atoms with Crippen LogP contribution in [0.5, 0.6) is 0 Å². The maximum atomic E-state index is 14.0. The molecular weight excluding hydrogens is 866 g/mol. The van der Waals surface area contributed by atoms with E-state index in [-0.39, 0.29) is 12.8 Å². The second kappa shape index (κ2) is 14.8. The number of halogens is 11. The van der Waals surface area contributed by atoms with E-state index in [9.17, 15) is 39.5 Å². The van der Waals surface area contributed by atoms with Crippen LogP contribution in [-0.4, -0.2) is 24.5 Å². The predicted octanol–water partition coefficient (Wildman–Crippen LogP) is 15.3. The molecule has 0 bridgehead atoms. The third-order valence-electron chi connectivity index (χ3n) is 13.0. The molecule has 13 heteroatoms. The molecule has 3 aromatic carbocycles. The Bertz CT molecular complexity index is 1950. The summed E-state index contributed by atoms with van der Waals surface area (Å²) in [5.41, 5.74) is 0.252. The summed E-state index contributed by atoms with van der Waals surface area (Å²) in [5, 5.41) is 0. The van der Waals surface area contributed by atoms with E-state index in [1.807, 2.05) is 19.1 Å². The molecule has 3 atom stereocenters. The van der Waals surface area contributed by atoms with Crippen LogP contribution < -0.4 is 0 Å². The molecular formula is C42H46Cl2F9SiZr. The van der Waals surface area contributed by atoms with Crippen molar-refractivity contribution in [2.45, 2.75) is 116 Å². The SMILES string of the molecule is CCC1=Cc2c(-c3ccc(C(C(F)(F)F)(C(F)(F)F)C(F)(F)F)cc3)cccc2[CH]1[Zr]([Cl])([Cl])([CH]1C(C2CCCCC2)=Cc2c(C(C)CC)cccc21)[SiH](C)C. The van der Waals surface area contributed by atoms with Gasteiger partial charge in [0.25, 0.3) is 0 Å². The van der Waals surface area contributed by atoms with Crippen molar-refractivity contribution in [3.8, 4) is 11.1 Å². The van der Waals surface area contributed by atoms with Crippen molar-refractivity contribution in [2.24, 2.45) is 5.92 Å². The fourth-order valence-corrected chi connectivity index (χ4v) is 41.3. The van der Waals surface area contributed by atoms with Gasteiger partial charge in [0.05, 0.1) is 0 Å². The summed E-state index contributed by atoms with van der Waals surface area (Å²) in [7, 11) is 17.2. The summed E-state index contributed by atoms with van der Waals surface area (Å²) in [4.78, 5) is 0. The van der Waals surface area contributed by atoms with Gasteiger partial charge in [0.2, 0.25) is 0 Å². The van der Waals surface area contributed by atoms with E-state index < -0.39 is 51.0 Å². The van der Waals surface area contributed by atoms with Crippen LogP contribution in [0.2, 0.25) is 13.1 Å². The molecule has 6 rings (SSSR count). The Labute approximate surface area is 326 Å². The monoisotopic (exact) mass is 909 g/mol. The Kier molecular flexibility index (Phi) is 11.5. The van der Waals surface area contributed by atoms with Crippen molar-refractivity contribution in [2.75, 3.05) is 0 Å². The van der Waals surface area contributed by atoms with E-state index in [2.05, 4.69) is 51.2 Å². The molecule has 0 saturated heterocycles. The number of rotatable bonds is 9. The molecule has 3 aliphatic rings. The molecule has 1 fully saturated rings. The van der Waals surface area contributed by atoms with E-state index in [1.54, 1.807) is 12.1 Å². The number of fused-ring (bicyclic) bond motifs is 2. The van der Waals surface area contributed by atoms with Crippen molar-refractivity contribution in [3.05, 3.63) is 105 Å². The number of hydrogen-bond acceptors (Lipinski definition) is 0. The van der Waals surface area contributed by atoms with Crippen molar-refractivity contribution in [3.63, 3.8) is 0 Å². The van der Waals surface area contributed by atoms with Gasteiger partial charge in [-0.05, 0) is 0 Å². The first-order valence-corrected chi connectivity index (χ1v) is 35.4. The molecule has 0 aliphatic heterocycles. The topological polar surface area (TPSA) is 0 Å². The van der Waals surface area contributed by atoms with Gasteiger partial charge in [0, 0.05) is 0 Å². The van der Waals surface area contributed by atoms with Crippen molar-refractivity contribution < 1.29 is 55.1 Å². The van der Waals surface area contributed by atoms with E-state index in [0.29, 0.717) is 41.5 Å². The van der Waals surface area contributed by atoms with Crippen LogP contribution in [0.3, 0.4) is 0 Å². The van der Waals surface area contributed by atoms with Crippen LogP contribution >= 0.6 is 17.0 Å². The third-order valence-corrected chi connectivity index (χ3v) is 64.8. The van der Waals surface area contributed by atoms with Gasteiger partial charge in [0.15, 0.2) is 0 Å². The van der Waals surface area contributed by atoms with Crippen molar-refractivity contribution in [1.82, 2.24) is 0 Å². The Hall–Kier alpha value is -1.81. The average molecular weight is 912 g/mol.